The lowest BCUT2D eigenvalue weighted by Gasteiger charge is -2.31. The molecule has 0 aliphatic heterocycles. The first-order valence-corrected chi connectivity index (χ1v) is 10.5. The Morgan fingerprint density at radius 3 is 2.42 bits per heavy atom. The quantitative estimate of drug-likeness (QED) is 0.479. The molecule has 4 atom stereocenters. The first-order valence-electron chi connectivity index (χ1n) is 9.75. The van der Waals surface area contributed by atoms with Crippen molar-refractivity contribution in [1.82, 2.24) is 0 Å². The van der Waals surface area contributed by atoms with Crippen molar-refractivity contribution in [1.29, 1.82) is 0 Å². The number of carboxylic acids is 1. The van der Waals surface area contributed by atoms with Crippen LogP contribution in [0, 0.1) is 30.6 Å². The van der Waals surface area contributed by atoms with Gasteiger partial charge in [0.1, 0.15) is 0 Å². The summed E-state index contributed by atoms with van der Waals surface area (Å²) >= 11 is 12.1. The highest BCUT2D eigenvalue weighted by Crippen LogP contribution is 2.40. The highest BCUT2D eigenvalue weighted by atomic mass is 35.5. The summed E-state index contributed by atoms with van der Waals surface area (Å²) in [4.78, 5) is 24.3. The molecule has 1 amide bonds. The van der Waals surface area contributed by atoms with Crippen LogP contribution in [0.3, 0.4) is 0 Å². The third-order valence-corrected chi connectivity index (χ3v) is 6.22. The average molecular weight is 478 g/mol. The van der Waals surface area contributed by atoms with Gasteiger partial charge in [0, 0.05) is 5.03 Å². The number of aliphatic carboxylic acids is 1. The second kappa shape index (κ2) is 10.1. The number of hydrogen-bond acceptors (Lipinski definition) is 2. The van der Waals surface area contributed by atoms with Gasteiger partial charge < -0.3 is 10.4 Å². The van der Waals surface area contributed by atoms with E-state index in [0.717, 1.165) is 6.92 Å². The molecule has 4 nitrogen and oxygen atoms in total. The van der Waals surface area contributed by atoms with Gasteiger partial charge in [0.25, 0.3) is 0 Å². The van der Waals surface area contributed by atoms with Crippen molar-refractivity contribution in [2.75, 3.05) is 5.32 Å². The van der Waals surface area contributed by atoms with Crippen molar-refractivity contribution in [2.45, 2.75) is 39.8 Å². The molecule has 1 aromatic rings. The molecule has 9 heteroatoms. The highest BCUT2D eigenvalue weighted by molar-refractivity contribution is 6.34. The number of anilines is 1. The third kappa shape index (κ3) is 6.26. The summed E-state index contributed by atoms with van der Waals surface area (Å²) in [6.45, 7) is 4.18. The summed E-state index contributed by atoms with van der Waals surface area (Å²) in [6, 6.07) is 3.15. The molecule has 1 aliphatic carbocycles. The van der Waals surface area contributed by atoms with Gasteiger partial charge in [-0.05, 0) is 49.0 Å². The molecule has 0 fully saturated rings. The zero-order valence-electron chi connectivity index (χ0n) is 17.3. The van der Waals surface area contributed by atoms with E-state index in [2.05, 4.69) is 5.32 Å². The van der Waals surface area contributed by atoms with Crippen LogP contribution in [0.15, 0.2) is 35.4 Å². The Bertz CT molecular complexity index is 912. The van der Waals surface area contributed by atoms with Gasteiger partial charge in [-0.15, -0.1) is 0 Å². The van der Waals surface area contributed by atoms with E-state index in [1.165, 1.54) is 18.2 Å². The molecule has 0 aromatic heterocycles. The van der Waals surface area contributed by atoms with Gasteiger partial charge in [-0.1, -0.05) is 55.3 Å². The number of carbonyl (C=O) groups is 2. The number of nitrogens with one attached hydrogen (secondary N) is 1. The predicted octanol–water partition coefficient (Wildman–Crippen LogP) is 6.36. The Kier molecular flexibility index (Phi) is 8.22. The summed E-state index contributed by atoms with van der Waals surface area (Å²) in [6.07, 6.45) is 0.425. The van der Waals surface area contributed by atoms with E-state index in [1.54, 1.807) is 26.0 Å². The number of alkyl halides is 3. The second-order valence-electron chi connectivity index (χ2n) is 7.84. The maximum Gasteiger partial charge on any atom is 0.392 e. The van der Waals surface area contributed by atoms with Crippen LogP contribution in [0.25, 0.3) is 0 Å². The van der Waals surface area contributed by atoms with Crippen molar-refractivity contribution in [2.24, 2.45) is 23.7 Å². The summed E-state index contributed by atoms with van der Waals surface area (Å²) in [7, 11) is 0. The Labute approximate surface area is 189 Å². The van der Waals surface area contributed by atoms with Gasteiger partial charge in [-0.2, -0.15) is 13.2 Å². The van der Waals surface area contributed by atoms with Crippen LogP contribution in [-0.4, -0.2) is 23.2 Å². The van der Waals surface area contributed by atoms with Gasteiger partial charge in [-0.25, -0.2) is 0 Å². The van der Waals surface area contributed by atoms with E-state index in [1.807, 2.05) is 0 Å². The number of rotatable bonds is 7. The lowest BCUT2D eigenvalue weighted by atomic mass is 9.78. The maximum absolute atomic E-state index is 13.5. The van der Waals surface area contributed by atoms with Crippen LogP contribution in [0.4, 0.5) is 18.9 Å². The molecule has 2 rings (SSSR count). The predicted molar refractivity (Wildman–Crippen MR) is 115 cm³/mol. The van der Waals surface area contributed by atoms with E-state index < -0.39 is 41.7 Å². The fourth-order valence-electron chi connectivity index (χ4n) is 3.59. The molecular formula is C22H24Cl2F3NO3. The number of benzene rings is 1. The first-order chi connectivity index (χ1) is 14.3. The molecular weight excluding hydrogens is 454 g/mol. The average Bonchev–Trinajstić information content (AvgIpc) is 2.68. The Morgan fingerprint density at radius 2 is 1.90 bits per heavy atom. The first kappa shape index (κ1) is 25.3. The minimum absolute atomic E-state index is 0.165. The smallest absolute Gasteiger partial charge is 0.392 e. The van der Waals surface area contributed by atoms with Gasteiger partial charge in [0.05, 0.1) is 28.5 Å². The minimum Gasteiger partial charge on any atom is -0.481 e. The molecule has 0 radical (unpaired) electrons. The van der Waals surface area contributed by atoms with Gasteiger partial charge in [-0.3, -0.25) is 9.59 Å². The minimum atomic E-state index is -4.57. The van der Waals surface area contributed by atoms with Crippen molar-refractivity contribution < 1.29 is 27.9 Å². The number of hydrogen-bond donors (Lipinski definition) is 2. The van der Waals surface area contributed by atoms with E-state index in [4.69, 9.17) is 28.3 Å². The van der Waals surface area contributed by atoms with E-state index in [9.17, 15) is 22.8 Å². The zero-order valence-corrected chi connectivity index (χ0v) is 18.8. The largest absolute Gasteiger partial charge is 0.481 e. The molecule has 0 saturated heterocycles. The number of allylic oxidation sites excluding steroid dienone is 4. The number of carbonyl (C=O) groups excluding carboxylic acids is 1. The molecule has 0 bridgehead atoms. The summed E-state index contributed by atoms with van der Waals surface area (Å²) in [5.41, 5.74) is 1.35. The molecule has 1 aliphatic rings. The topological polar surface area (TPSA) is 66.4 Å². The Morgan fingerprint density at radius 1 is 1.26 bits per heavy atom. The molecule has 0 saturated carbocycles. The maximum atomic E-state index is 13.5. The van der Waals surface area contributed by atoms with Crippen molar-refractivity contribution in [3.8, 4) is 0 Å². The molecule has 1 unspecified atom stereocenters. The van der Waals surface area contributed by atoms with Crippen LogP contribution in [0.1, 0.15) is 31.4 Å². The molecule has 31 heavy (non-hydrogen) atoms. The fourth-order valence-corrected chi connectivity index (χ4v) is 4.01. The van der Waals surface area contributed by atoms with Crippen LogP contribution in [0.5, 0.6) is 0 Å². The fraction of sp³-hybridized carbons (Fsp3) is 0.455. The van der Waals surface area contributed by atoms with Gasteiger partial charge in [0.15, 0.2) is 0 Å². The molecule has 1 aromatic carbocycles. The summed E-state index contributed by atoms with van der Waals surface area (Å²) in [5, 5.41) is 12.3. The second-order valence-corrected chi connectivity index (χ2v) is 8.69. The molecule has 0 spiro atoms. The van der Waals surface area contributed by atoms with Crippen molar-refractivity contribution >= 4 is 40.8 Å². The Balaban J connectivity index is 2.37. The third-order valence-electron chi connectivity index (χ3n) is 5.63. The summed E-state index contributed by atoms with van der Waals surface area (Å²) < 4.78 is 40.6. The lowest BCUT2D eigenvalue weighted by Crippen LogP contribution is -2.40. The Hall–Kier alpha value is -1.99. The van der Waals surface area contributed by atoms with Crippen LogP contribution in [-0.2, 0) is 16.0 Å². The zero-order chi connectivity index (χ0) is 23.5. The molecule has 2 N–H and O–H groups in total. The molecule has 170 valence electrons. The van der Waals surface area contributed by atoms with Gasteiger partial charge in [0.2, 0.25) is 5.91 Å². The lowest BCUT2D eigenvalue weighted by molar-refractivity contribution is -0.188. The number of carboxylic acid groups (broad SMARTS) is 1. The number of halogens is 5. The van der Waals surface area contributed by atoms with E-state index >= 15 is 0 Å². The van der Waals surface area contributed by atoms with Gasteiger partial charge >= 0.3 is 12.1 Å². The molecule has 0 heterocycles. The number of amides is 1. The monoisotopic (exact) mass is 477 g/mol. The summed E-state index contributed by atoms with van der Waals surface area (Å²) in [5.74, 6) is -6.44. The van der Waals surface area contributed by atoms with E-state index in [-0.39, 0.29) is 23.6 Å². The van der Waals surface area contributed by atoms with Crippen molar-refractivity contribution in [3.05, 3.63) is 51.5 Å². The van der Waals surface area contributed by atoms with Crippen LogP contribution in [0.2, 0.25) is 5.02 Å². The highest BCUT2D eigenvalue weighted by Gasteiger charge is 2.47. The van der Waals surface area contributed by atoms with Crippen LogP contribution >= 0.6 is 23.2 Å². The van der Waals surface area contributed by atoms with E-state index in [0.29, 0.717) is 16.2 Å². The van der Waals surface area contributed by atoms with Crippen LogP contribution < -0.4 is 5.32 Å². The normalized spacial score (nSPS) is 19.4. The van der Waals surface area contributed by atoms with Crippen molar-refractivity contribution in [3.63, 3.8) is 0 Å². The SMILES string of the molecule is Cc1c(C[C@H](C)C(=O)O)ccc(Cl)c1NC(=O)[C@H](C1C=CC(Cl)=CC1)[C@@H](C)C(F)(F)F. The standard InChI is InChI=1S/C22H24Cl2F3NO3/c1-11(21(30)31)10-15-6-9-17(24)19(12(15)2)28-20(29)18(13(3)22(25,26)27)14-4-7-16(23)8-5-14/h4,6-9,11,13-14,18H,5,10H2,1-3H3,(H,28,29)(H,30,31)/t11-,13+,14?,18-/m0/s1.